The van der Waals surface area contributed by atoms with Crippen molar-refractivity contribution in [3.63, 3.8) is 0 Å². The van der Waals surface area contributed by atoms with Crippen LogP contribution in [0.3, 0.4) is 0 Å². The molecule has 2 aromatic rings. The van der Waals surface area contributed by atoms with Gasteiger partial charge in [-0.25, -0.2) is 4.39 Å². The van der Waals surface area contributed by atoms with E-state index in [1.54, 1.807) is 30.6 Å². The summed E-state index contributed by atoms with van der Waals surface area (Å²) in [5, 5.41) is 3.71. The zero-order chi connectivity index (χ0) is 19.4. The van der Waals surface area contributed by atoms with Gasteiger partial charge in [-0.05, 0) is 49.4 Å². The van der Waals surface area contributed by atoms with Crippen LogP contribution in [0.1, 0.15) is 54.4 Å². The third-order valence-electron chi connectivity index (χ3n) is 6.43. The van der Waals surface area contributed by atoms with Gasteiger partial charge in [-0.2, -0.15) is 0 Å². The van der Waals surface area contributed by atoms with Crippen LogP contribution >= 0.6 is 0 Å². The number of hydrogen-bond acceptors (Lipinski definition) is 3. The van der Waals surface area contributed by atoms with E-state index in [0.717, 1.165) is 63.7 Å². The SMILES string of the molecule is O=C(c1cccnc1)N1CCC(NCC2(c3ccccc3F)CCCC2)CC1. The number of nitrogens with one attached hydrogen (secondary N) is 1. The maximum absolute atomic E-state index is 14.5. The van der Waals surface area contributed by atoms with Crippen molar-refractivity contribution in [2.45, 2.75) is 50.0 Å². The van der Waals surface area contributed by atoms with Gasteiger partial charge in [0.25, 0.3) is 5.91 Å². The summed E-state index contributed by atoms with van der Waals surface area (Å²) in [4.78, 5) is 18.5. The van der Waals surface area contributed by atoms with E-state index in [1.807, 2.05) is 23.1 Å². The summed E-state index contributed by atoms with van der Waals surface area (Å²) in [7, 11) is 0. The highest BCUT2D eigenvalue weighted by Gasteiger charge is 2.38. The molecule has 1 aliphatic heterocycles. The lowest BCUT2D eigenvalue weighted by molar-refractivity contribution is 0.0702. The summed E-state index contributed by atoms with van der Waals surface area (Å²) >= 11 is 0. The predicted octanol–water partition coefficient (Wildman–Crippen LogP) is 3.93. The predicted molar refractivity (Wildman–Crippen MR) is 108 cm³/mol. The molecule has 0 bridgehead atoms. The Kier molecular flexibility index (Phi) is 5.72. The molecule has 4 rings (SSSR count). The molecule has 1 N–H and O–H groups in total. The first-order chi connectivity index (χ1) is 13.7. The quantitative estimate of drug-likeness (QED) is 0.854. The Morgan fingerprint density at radius 3 is 2.57 bits per heavy atom. The molecule has 5 heteroatoms. The Morgan fingerprint density at radius 2 is 1.89 bits per heavy atom. The van der Waals surface area contributed by atoms with E-state index in [9.17, 15) is 9.18 Å². The first-order valence-electron chi connectivity index (χ1n) is 10.4. The number of halogens is 1. The fraction of sp³-hybridized carbons (Fsp3) is 0.478. The minimum Gasteiger partial charge on any atom is -0.338 e. The number of likely N-dealkylation sites (tertiary alicyclic amines) is 1. The Morgan fingerprint density at radius 1 is 1.14 bits per heavy atom. The van der Waals surface area contributed by atoms with Crippen molar-refractivity contribution < 1.29 is 9.18 Å². The van der Waals surface area contributed by atoms with Crippen LogP contribution in [0.15, 0.2) is 48.8 Å². The maximum atomic E-state index is 14.5. The van der Waals surface area contributed by atoms with Crippen molar-refractivity contribution in [1.29, 1.82) is 0 Å². The van der Waals surface area contributed by atoms with Crippen molar-refractivity contribution in [3.05, 3.63) is 65.7 Å². The lowest BCUT2D eigenvalue weighted by Crippen LogP contribution is -2.48. The fourth-order valence-corrected chi connectivity index (χ4v) is 4.78. The molecule has 0 unspecified atom stereocenters. The summed E-state index contributed by atoms with van der Waals surface area (Å²) in [5.41, 5.74) is 1.43. The van der Waals surface area contributed by atoms with Gasteiger partial charge in [-0.1, -0.05) is 31.0 Å². The summed E-state index contributed by atoms with van der Waals surface area (Å²) < 4.78 is 14.5. The number of benzene rings is 1. The van der Waals surface area contributed by atoms with Gasteiger partial charge in [-0.3, -0.25) is 9.78 Å². The largest absolute Gasteiger partial charge is 0.338 e. The molecule has 4 nitrogen and oxygen atoms in total. The van der Waals surface area contributed by atoms with Crippen LogP contribution in [0.5, 0.6) is 0 Å². The average Bonchev–Trinajstić information content (AvgIpc) is 3.23. The Bertz CT molecular complexity index is 797. The second-order valence-electron chi connectivity index (χ2n) is 8.16. The van der Waals surface area contributed by atoms with Gasteiger partial charge in [0.05, 0.1) is 5.56 Å². The highest BCUT2D eigenvalue weighted by atomic mass is 19.1. The number of amides is 1. The summed E-state index contributed by atoms with van der Waals surface area (Å²) in [6.07, 6.45) is 9.58. The third-order valence-corrected chi connectivity index (χ3v) is 6.43. The van der Waals surface area contributed by atoms with Crippen molar-refractivity contribution in [3.8, 4) is 0 Å². The van der Waals surface area contributed by atoms with Gasteiger partial charge in [0.2, 0.25) is 0 Å². The Balaban J connectivity index is 1.35. The molecule has 2 heterocycles. The molecule has 148 valence electrons. The number of aromatic nitrogens is 1. The van der Waals surface area contributed by atoms with Gasteiger partial charge in [-0.15, -0.1) is 0 Å². The lowest BCUT2D eigenvalue weighted by Gasteiger charge is -2.36. The van der Waals surface area contributed by atoms with Crippen molar-refractivity contribution in [1.82, 2.24) is 15.2 Å². The molecular weight excluding hydrogens is 353 g/mol. The number of rotatable bonds is 5. The normalized spacial score (nSPS) is 19.7. The second-order valence-corrected chi connectivity index (χ2v) is 8.16. The molecule has 0 spiro atoms. The van der Waals surface area contributed by atoms with Crippen molar-refractivity contribution in [2.24, 2.45) is 0 Å². The zero-order valence-electron chi connectivity index (χ0n) is 16.2. The Hall–Kier alpha value is -2.27. The second kappa shape index (κ2) is 8.39. The summed E-state index contributed by atoms with van der Waals surface area (Å²) in [6, 6.07) is 11.2. The number of carbonyl (C=O) groups is 1. The molecule has 1 aliphatic carbocycles. The van der Waals surface area contributed by atoms with E-state index < -0.39 is 0 Å². The number of piperidine rings is 1. The number of pyridine rings is 1. The fourth-order valence-electron chi connectivity index (χ4n) is 4.78. The highest BCUT2D eigenvalue weighted by Crippen LogP contribution is 2.41. The van der Waals surface area contributed by atoms with Gasteiger partial charge >= 0.3 is 0 Å². The maximum Gasteiger partial charge on any atom is 0.255 e. The van der Waals surface area contributed by atoms with Crippen molar-refractivity contribution in [2.75, 3.05) is 19.6 Å². The molecule has 1 amide bonds. The number of hydrogen-bond donors (Lipinski definition) is 1. The van der Waals surface area contributed by atoms with Crippen LogP contribution in [0.2, 0.25) is 0 Å². The van der Waals surface area contributed by atoms with Gasteiger partial charge in [0.1, 0.15) is 5.82 Å². The van der Waals surface area contributed by atoms with E-state index in [4.69, 9.17) is 0 Å². The number of nitrogens with zero attached hydrogens (tertiary/aromatic N) is 2. The minimum atomic E-state index is -0.0893. The zero-order valence-corrected chi connectivity index (χ0v) is 16.2. The molecular formula is C23H28FN3O. The summed E-state index contributed by atoms with van der Waals surface area (Å²) in [6.45, 7) is 2.31. The van der Waals surface area contributed by atoms with E-state index in [-0.39, 0.29) is 17.1 Å². The topological polar surface area (TPSA) is 45.2 Å². The number of carbonyl (C=O) groups excluding carboxylic acids is 1. The highest BCUT2D eigenvalue weighted by molar-refractivity contribution is 5.93. The Labute approximate surface area is 166 Å². The van der Waals surface area contributed by atoms with E-state index in [0.29, 0.717) is 11.6 Å². The summed E-state index contributed by atoms with van der Waals surface area (Å²) in [5.74, 6) is -0.0201. The standard InChI is InChI=1S/C23H28FN3O/c24-21-8-2-1-7-20(21)23(11-3-4-12-23)17-26-19-9-14-27(15-10-19)22(28)18-6-5-13-25-16-18/h1-2,5-8,13,16,19,26H,3-4,9-12,14-15,17H2. The molecule has 2 fully saturated rings. The molecule has 0 radical (unpaired) electrons. The molecule has 1 saturated heterocycles. The van der Waals surface area contributed by atoms with Crippen LogP contribution in [-0.4, -0.2) is 41.5 Å². The molecule has 28 heavy (non-hydrogen) atoms. The molecule has 1 saturated carbocycles. The van der Waals surface area contributed by atoms with Gasteiger partial charge in [0.15, 0.2) is 0 Å². The molecule has 1 aromatic heterocycles. The first-order valence-corrected chi connectivity index (χ1v) is 10.4. The van der Waals surface area contributed by atoms with Crippen LogP contribution in [-0.2, 0) is 5.41 Å². The van der Waals surface area contributed by atoms with Crippen LogP contribution in [0.4, 0.5) is 4.39 Å². The molecule has 1 aromatic carbocycles. The van der Waals surface area contributed by atoms with Crippen LogP contribution in [0, 0.1) is 5.82 Å². The van der Waals surface area contributed by atoms with Gasteiger partial charge in [0, 0.05) is 43.5 Å². The molecule has 2 aliphatic rings. The smallest absolute Gasteiger partial charge is 0.255 e. The first kappa shape index (κ1) is 19.1. The van der Waals surface area contributed by atoms with E-state index in [1.165, 1.54) is 0 Å². The monoisotopic (exact) mass is 381 g/mol. The van der Waals surface area contributed by atoms with Crippen LogP contribution in [0.25, 0.3) is 0 Å². The lowest BCUT2D eigenvalue weighted by atomic mass is 9.78. The average molecular weight is 381 g/mol. The van der Waals surface area contributed by atoms with E-state index in [2.05, 4.69) is 10.3 Å². The van der Waals surface area contributed by atoms with Crippen LogP contribution < -0.4 is 5.32 Å². The van der Waals surface area contributed by atoms with E-state index >= 15 is 0 Å². The minimum absolute atomic E-state index is 0.0603. The molecule has 0 atom stereocenters. The van der Waals surface area contributed by atoms with Gasteiger partial charge < -0.3 is 10.2 Å². The third kappa shape index (κ3) is 3.95. The van der Waals surface area contributed by atoms with Crippen molar-refractivity contribution >= 4 is 5.91 Å².